The Hall–Kier alpha value is -1.23. The number of Topliss-reactive ketones (excluding diaryl/α,β-unsaturated/α-hetero) is 1. The van der Waals surface area contributed by atoms with E-state index in [2.05, 4.69) is 32.3 Å². The van der Waals surface area contributed by atoms with Crippen molar-refractivity contribution < 1.29 is 4.79 Å². The van der Waals surface area contributed by atoms with Crippen molar-refractivity contribution in [1.29, 1.82) is 0 Å². The Morgan fingerprint density at radius 3 is 3.00 bits per heavy atom. The highest BCUT2D eigenvalue weighted by atomic mass is 28.2. The minimum atomic E-state index is 0.00668. The summed E-state index contributed by atoms with van der Waals surface area (Å²) in [6, 6.07) is 1.69. The molecule has 0 unspecified atom stereocenters. The molecule has 1 heterocycles. The number of nitrogens with one attached hydrogen (secondary N) is 1. The number of aromatic nitrogens is 2. The minimum Gasteiger partial charge on any atom is -0.397 e. The van der Waals surface area contributed by atoms with Gasteiger partial charge >= 0.3 is 0 Å². The van der Waals surface area contributed by atoms with Crippen molar-refractivity contribution in [2.24, 2.45) is 0 Å². The van der Waals surface area contributed by atoms with E-state index in [-0.39, 0.29) is 11.6 Å². The normalized spacial score (nSPS) is 10.0. The molecule has 0 saturated carbocycles. The van der Waals surface area contributed by atoms with E-state index in [1.54, 1.807) is 12.3 Å². The molecule has 1 aromatic rings. The quantitative estimate of drug-likeness (QED) is 0.451. The van der Waals surface area contributed by atoms with Gasteiger partial charge in [-0.25, -0.2) is 9.97 Å². The summed E-state index contributed by atoms with van der Waals surface area (Å²) in [6.45, 7) is 2.11. The number of rotatable bonds is 6. The Labute approximate surface area is 93.0 Å². The average Bonchev–Trinajstić information content (AvgIpc) is 2.29. The van der Waals surface area contributed by atoms with Crippen LogP contribution in [0.1, 0.15) is 43.2 Å². The van der Waals surface area contributed by atoms with Crippen LogP contribution < -0.4 is 4.98 Å². The van der Waals surface area contributed by atoms with Crippen molar-refractivity contribution in [3.63, 3.8) is 0 Å². The zero-order chi connectivity index (χ0) is 11.1. The Kier molecular flexibility index (Phi) is 4.96. The number of unbranched alkanes of at least 4 members (excludes halogenated alkanes) is 2. The molecule has 79 valence electrons. The van der Waals surface area contributed by atoms with Crippen molar-refractivity contribution in [2.45, 2.75) is 32.6 Å². The molecule has 5 heteroatoms. The summed E-state index contributed by atoms with van der Waals surface area (Å²) >= 11 is 0. The molecule has 0 aliphatic rings. The first-order chi connectivity index (χ1) is 7.27. The van der Waals surface area contributed by atoms with Gasteiger partial charge in [0.1, 0.15) is 5.82 Å². The molecule has 1 aromatic heterocycles. The summed E-state index contributed by atoms with van der Waals surface area (Å²) in [6.07, 6.45) is 5.18. The van der Waals surface area contributed by atoms with Crippen LogP contribution in [0.25, 0.3) is 0 Å². The van der Waals surface area contributed by atoms with E-state index < -0.39 is 0 Å². The maximum atomic E-state index is 11.6. The van der Waals surface area contributed by atoms with Crippen LogP contribution in [-0.4, -0.2) is 26.2 Å². The molecule has 0 atom stereocenters. The number of carbonyl (C=O) groups excluding carboxylic acids is 1. The standard InChI is InChI=1S/C10H14N3OSi/c1-2-3-4-5-8(14)10-11-7-6-9(12-10)13-15/h6-7H,2-5H2,1H3,(H,11,12,13). The lowest BCUT2D eigenvalue weighted by Crippen LogP contribution is -2.07. The van der Waals surface area contributed by atoms with Gasteiger partial charge in [0, 0.05) is 12.6 Å². The lowest BCUT2D eigenvalue weighted by molar-refractivity contribution is 0.0969. The number of hydrogen-bond donors (Lipinski definition) is 1. The number of ketones is 1. The van der Waals surface area contributed by atoms with E-state index in [4.69, 9.17) is 0 Å². The van der Waals surface area contributed by atoms with Gasteiger partial charge in [-0.05, 0) is 12.5 Å². The van der Waals surface area contributed by atoms with Crippen LogP contribution in [0.3, 0.4) is 0 Å². The molecule has 0 amide bonds. The summed E-state index contributed by atoms with van der Waals surface area (Å²) in [5.41, 5.74) is 0. The molecule has 0 saturated heterocycles. The number of anilines is 1. The Bertz CT molecular complexity index is 330. The largest absolute Gasteiger partial charge is 0.397 e. The zero-order valence-corrected chi connectivity index (χ0v) is 9.79. The van der Waals surface area contributed by atoms with Gasteiger partial charge in [0.15, 0.2) is 22.0 Å². The smallest absolute Gasteiger partial charge is 0.200 e. The maximum Gasteiger partial charge on any atom is 0.200 e. The van der Waals surface area contributed by atoms with Gasteiger partial charge in [-0.2, -0.15) is 0 Å². The molecule has 0 aliphatic carbocycles. The van der Waals surface area contributed by atoms with Crippen LogP contribution in [0.4, 0.5) is 5.82 Å². The van der Waals surface area contributed by atoms with Crippen molar-refractivity contribution in [3.8, 4) is 0 Å². The summed E-state index contributed by atoms with van der Waals surface area (Å²) in [5.74, 6) is 0.891. The van der Waals surface area contributed by atoms with Crippen molar-refractivity contribution >= 4 is 22.0 Å². The van der Waals surface area contributed by atoms with E-state index in [1.165, 1.54) is 0 Å². The highest BCUT2D eigenvalue weighted by molar-refractivity contribution is 6.15. The highest BCUT2D eigenvalue weighted by Gasteiger charge is 2.08. The topological polar surface area (TPSA) is 54.9 Å². The first kappa shape index (κ1) is 11.8. The Morgan fingerprint density at radius 2 is 2.33 bits per heavy atom. The van der Waals surface area contributed by atoms with Gasteiger partial charge in [-0.3, -0.25) is 4.79 Å². The number of carbonyl (C=O) groups is 1. The molecule has 4 nitrogen and oxygen atoms in total. The first-order valence-electron chi connectivity index (χ1n) is 5.07. The van der Waals surface area contributed by atoms with Crippen molar-refractivity contribution in [3.05, 3.63) is 18.1 Å². The third kappa shape index (κ3) is 3.79. The maximum absolute atomic E-state index is 11.6. The Morgan fingerprint density at radius 1 is 1.53 bits per heavy atom. The zero-order valence-electron chi connectivity index (χ0n) is 8.79. The predicted molar refractivity (Wildman–Crippen MR) is 59.9 cm³/mol. The van der Waals surface area contributed by atoms with E-state index in [1.807, 2.05) is 0 Å². The molecule has 0 aliphatic heterocycles. The second kappa shape index (κ2) is 6.29. The molecule has 1 N–H and O–H groups in total. The van der Waals surface area contributed by atoms with Gasteiger partial charge in [-0.1, -0.05) is 19.8 Å². The molecular formula is C10H14N3OSi. The molecule has 0 fully saturated rings. The van der Waals surface area contributed by atoms with Crippen LogP contribution in [0.5, 0.6) is 0 Å². The molecule has 1 rings (SSSR count). The average molecular weight is 220 g/mol. The third-order valence-electron chi connectivity index (χ3n) is 2.04. The van der Waals surface area contributed by atoms with Gasteiger partial charge < -0.3 is 4.98 Å². The molecule has 0 spiro atoms. The molecule has 0 bridgehead atoms. The summed E-state index contributed by atoms with van der Waals surface area (Å²) < 4.78 is 0. The van der Waals surface area contributed by atoms with Crippen molar-refractivity contribution in [1.82, 2.24) is 9.97 Å². The van der Waals surface area contributed by atoms with Gasteiger partial charge in [0.2, 0.25) is 0 Å². The monoisotopic (exact) mass is 220 g/mol. The van der Waals surface area contributed by atoms with Gasteiger partial charge in [-0.15, -0.1) is 0 Å². The van der Waals surface area contributed by atoms with E-state index in [0.29, 0.717) is 12.2 Å². The number of hydrogen-bond acceptors (Lipinski definition) is 4. The molecule has 15 heavy (non-hydrogen) atoms. The highest BCUT2D eigenvalue weighted by Crippen LogP contribution is 2.06. The fourth-order valence-electron chi connectivity index (χ4n) is 1.21. The SMILES string of the molecule is CCCCCC(=O)c1nccc(N[Si])n1. The van der Waals surface area contributed by atoms with Gasteiger partial charge in [0.25, 0.3) is 0 Å². The van der Waals surface area contributed by atoms with E-state index >= 15 is 0 Å². The van der Waals surface area contributed by atoms with Crippen LogP contribution in [0, 0.1) is 0 Å². The minimum absolute atomic E-state index is 0.00668. The fourth-order valence-corrected chi connectivity index (χ4v) is 1.35. The van der Waals surface area contributed by atoms with Crippen LogP contribution in [0.15, 0.2) is 12.3 Å². The fraction of sp³-hybridized carbons (Fsp3) is 0.500. The predicted octanol–water partition coefficient (Wildman–Crippen LogP) is 1.73. The van der Waals surface area contributed by atoms with Crippen LogP contribution in [0.2, 0.25) is 0 Å². The lowest BCUT2D eigenvalue weighted by atomic mass is 10.1. The second-order valence-electron chi connectivity index (χ2n) is 3.27. The van der Waals surface area contributed by atoms with E-state index in [9.17, 15) is 4.79 Å². The summed E-state index contributed by atoms with van der Waals surface area (Å²) in [4.78, 5) is 22.3. The van der Waals surface area contributed by atoms with Crippen LogP contribution in [-0.2, 0) is 0 Å². The molecule has 3 radical (unpaired) electrons. The first-order valence-corrected chi connectivity index (χ1v) is 5.57. The second-order valence-corrected chi connectivity index (χ2v) is 3.52. The summed E-state index contributed by atoms with van der Waals surface area (Å²) in [7, 11) is 3.10. The van der Waals surface area contributed by atoms with E-state index in [0.717, 1.165) is 19.3 Å². The molecule has 0 aromatic carbocycles. The van der Waals surface area contributed by atoms with Crippen LogP contribution >= 0.6 is 0 Å². The number of nitrogens with zero attached hydrogens (tertiary/aromatic N) is 2. The molecular weight excluding hydrogens is 206 g/mol. The van der Waals surface area contributed by atoms with Crippen molar-refractivity contribution in [2.75, 3.05) is 4.98 Å². The third-order valence-corrected chi connectivity index (χ3v) is 2.30. The van der Waals surface area contributed by atoms with Gasteiger partial charge in [0.05, 0.1) is 0 Å². The summed E-state index contributed by atoms with van der Waals surface area (Å²) in [5, 5.41) is 0. The Balaban J connectivity index is 2.57. The lowest BCUT2D eigenvalue weighted by Gasteiger charge is -2.01.